The Labute approximate surface area is 115 Å². The molecule has 0 aliphatic carbocycles. The van der Waals surface area contributed by atoms with Gasteiger partial charge in [-0.15, -0.1) is 0 Å². The van der Waals surface area contributed by atoms with Crippen molar-refractivity contribution in [3.8, 4) is 0 Å². The molecule has 0 spiro atoms. The molecule has 1 rings (SSSR count). The molecule has 11 nitrogen and oxygen atoms in total. The molecule has 20 heavy (non-hydrogen) atoms. The Bertz CT molecular complexity index is 516. The van der Waals surface area contributed by atoms with E-state index in [0.29, 0.717) is 0 Å². The Kier molecular flexibility index (Phi) is 5.82. The fraction of sp³-hybridized carbons (Fsp3) is 1.00. The molecule has 1 aliphatic heterocycles. The SMILES string of the molecule is CO[C@@H]1OC(COS(=O)(=O)[O-])CC(O)[C@@H]1NS(=O)(=O)[O-]. The number of hydrogen-bond donors (Lipinski definition) is 2. The number of methoxy groups -OCH3 is 1. The fourth-order valence-corrected chi connectivity index (χ4v) is 2.62. The molecule has 13 heteroatoms. The first-order valence-electron chi connectivity index (χ1n) is 5.21. The summed E-state index contributed by atoms with van der Waals surface area (Å²) in [4.78, 5) is 0. The van der Waals surface area contributed by atoms with Gasteiger partial charge in [-0.05, 0) is 0 Å². The molecule has 0 saturated carbocycles. The van der Waals surface area contributed by atoms with Gasteiger partial charge in [-0.25, -0.2) is 21.6 Å². The largest absolute Gasteiger partial charge is 0.735 e. The summed E-state index contributed by atoms with van der Waals surface area (Å²) in [6.45, 7) is -0.667. The highest BCUT2D eigenvalue weighted by Crippen LogP contribution is 2.22. The molecule has 4 atom stereocenters. The first kappa shape index (κ1) is 17.7. The summed E-state index contributed by atoms with van der Waals surface area (Å²) in [7, 11) is -8.65. The number of aliphatic hydroxyl groups is 1. The van der Waals surface area contributed by atoms with E-state index in [4.69, 9.17) is 9.47 Å². The summed E-state index contributed by atoms with van der Waals surface area (Å²) < 4.78 is 78.1. The minimum absolute atomic E-state index is 0.261. The molecule has 120 valence electrons. The van der Waals surface area contributed by atoms with Gasteiger partial charge in [0.15, 0.2) is 16.6 Å². The number of aliphatic hydroxyl groups excluding tert-OH is 1. The Morgan fingerprint density at radius 3 is 2.40 bits per heavy atom. The van der Waals surface area contributed by atoms with E-state index in [0.717, 1.165) is 7.11 Å². The third-order valence-corrected chi connectivity index (χ3v) is 3.44. The average molecular weight is 335 g/mol. The van der Waals surface area contributed by atoms with Gasteiger partial charge in [0.25, 0.3) is 0 Å². The smallest absolute Gasteiger partial charge is 0.217 e. The predicted octanol–water partition coefficient (Wildman–Crippen LogP) is -3.00. The number of hydrogen-bond acceptors (Lipinski definition) is 10. The highest BCUT2D eigenvalue weighted by molar-refractivity contribution is 7.83. The minimum Gasteiger partial charge on any atom is -0.735 e. The molecule has 0 amide bonds. The van der Waals surface area contributed by atoms with E-state index in [9.17, 15) is 31.0 Å². The standard InChI is InChI=1S/C7H15NO10S2/c1-16-7-6(8-19(10,11)12)5(9)2-4(18-7)3-17-20(13,14)15/h4-9H,2-3H2,1H3,(H,10,11,12)(H,13,14,15)/p-2/t4?,5?,6-,7+/m0/s1. The summed E-state index contributed by atoms with van der Waals surface area (Å²) in [5.41, 5.74) is 0. The third-order valence-electron chi connectivity index (χ3n) is 2.45. The van der Waals surface area contributed by atoms with E-state index in [1.54, 1.807) is 4.72 Å². The molecular weight excluding hydrogens is 322 g/mol. The highest BCUT2D eigenvalue weighted by Gasteiger charge is 2.39. The van der Waals surface area contributed by atoms with Crippen molar-refractivity contribution in [2.45, 2.75) is 31.0 Å². The molecule has 0 aromatic heterocycles. The molecule has 0 bridgehead atoms. The van der Waals surface area contributed by atoms with Crippen LogP contribution in [-0.2, 0) is 34.4 Å². The van der Waals surface area contributed by atoms with E-state index in [-0.39, 0.29) is 6.42 Å². The van der Waals surface area contributed by atoms with Crippen molar-refractivity contribution in [2.24, 2.45) is 0 Å². The van der Waals surface area contributed by atoms with Gasteiger partial charge < -0.3 is 23.7 Å². The monoisotopic (exact) mass is 335 g/mol. The molecule has 1 fully saturated rings. The molecule has 1 heterocycles. The summed E-state index contributed by atoms with van der Waals surface area (Å²) in [5, 5.41) is 9.72. The van der Waals surface area contributed by atoms with Crippen molar-refractivity contribution in [1.29, 1.82) is 0 Å². The molecule has 2 unspecified atom stereocenters. The second-order valence-electron chi connectivity index (χ2n) is 3.96. The van der Waals surface area contributed by atoms with E-state index in [2.05, 4.69) is 4.18 Å². The van der Waals surface area contributed by atoms with Gasteiger partial charge in [-0.2, -0.15) is 0 Å². The van der Waals surface area contributed by atoms with E-state index < -0.39 is 51.8 Å². The minimum atomic E-state index is -4.92. The van der Waals surface area contributed by atoms with Gasteiger partial charge in [-0.1, -0.05) is 0 Å². The van der Waals surface area contributed by atoms with Gasteiger partial charge in [-0.3, -0.25) is 4.18 Å². The highest BCUT2D eigenvalue weighted by atomic mass is 32.3. The predicted molar refractivity (Wildman–Crippen MR) is 58.6 cm³/mol. The van der Waals surface area contributed by atoms with Crippen LogP contribution in [0.2, 0.25) is 0 Å². The molecule has 0 radical (unpaired) electrons. The number of nitrogens with one attached hydrogen (secondary N) is 1. The van der Waals surface area contributed by atoms with Crippen LogP contribution in [0, 0.1) is 0 Å². The van der Waals surface area contributed by atoms with Crippen LogP contribution in [0.1, 0.15) is 6.42 Å². The zero-order valence-electron chi connectivity index (χ0n) is 10.2. The molecule has 0 aromatic carbocycles. The van der Waals surface area contributed by atoms with Crippen LogP contribution in [0.3, 0.4) is 0 Å². The van der Waals surface area contributed by atoms with Crippen molar-refractivity contribution in [3.63, 3.8) is 0 Å². The van der Waals surface area contributed by atoms with Crippen molar-refractivity contribution in [1.82, 2.24) is 4.72 Å². The van der Waals surface area contributed by atoms with Gasteiger partial charge >= 0.3 is 0 Å². The quantitative estimate of drug-likeness (QED) is 0.376. The maximum Gasteiger partial charge on any atom is 0.217 e. The Morgan fingerprint density at radius 1 is 1.35 bits per heavy atom. The van der Waals surface area contributed by atoms with Crippen LogP contribution in [0.4, 0.5) is 0 Å². The molecule has 1 saturated heterocycles. The van der Waals surface area contributed by atoms with E-state index in [1.165, 1.54) is 0 Å². The van der Waals surface area contributed by atoms with Crippen LogP contribution in [0.15, 0.2) is 0 Å². The molecule has 2 N–H and O–H groups in total. The first-order chi connectivity index (χ1) is 9.02. The lowest BCUT2D eigenvalue weighted by Crippen LogP contribution is -2.58. The summed E-state index contributed by atoms with van der Waals surface area (Å²) in [6, 6.07) is -1.36. The maximum atomic E-state index is 10.6. The molecular formula is C7H13NO10S2-2. The maximum absolute atomic E-state index is 10.6. The van der Waals surface area contributed by atoms with Crippen molar-refractivity contribution >= 4 is 20.7 Å². The third kappa shape index (κ3) is 5.94. The average Bonchev–Trinajstić information content (AvgIpc) is 2.26. The summed E-state index contributed by atoms with van der Waals surface area (Å²) >= 11 is 0. The van der Waals surface area contributed by atoms with Crippen LogP contribution >= 0.6 is 0 Å². The van der Waals surface area contributed by atoms with Gasteiger partial charge in [0.2, 0.25) is 10.4 Å². The Balaban J connectivity index is 2.70. The zero-order valence-corrected chi connectivity index (χ0v) is 11.8. The lowest BCUT2D eigenvalue weighted by Gasteiger charge is -2.39. The molecule has 1 aliphatic rings. The van der Waals surface area contributed by atoms with Gasteiger partial charge in [0.05, 0.1) is 24.9 Å². The van der Waals surface area contributed by atoms with Crippen LogP contribution < -0.4 is 4.72 Å². The number of ether oxygens (including phenoxy) is 2. The van der Waals surface area contributed by atoms with E-state index in [1.807, 2.05) is 0 Å². The van der Waals surface area contributed by atoms with Gasteiger partial charge in [0, 0.05) is 13.5 Å². The summed E-state index contributed by atoms with van der Waals surface area (Å²) in [6.07, 6.45) is -4.01. The number of rotatable bonds is 6. The second-order valence-corrected chi connectivity index (χ2v) is 6.15. The summed E-state index contributed by atoms with van der Waals surface area (Å²) in [5.74, 6) is 0. The van der Waals surface area contributed by atoms with Crippen molar-refractivity contribution in [2.75, 3.05) is 13.7 Å². The van der Waals surface area contributed by atoms with Crippen LogP contribution in [0.5, 0.6) is 0 Å². The van der Waals surface area contributed by atoms with Gasteiger partial charge in [0.1, 0.15) is 0 Å². The fourth-order valence-electron chi connectivity index (χ4n) is 1.70. The van der Waals surface area contributed by atoms with Crippen LogP contribution in [0.25, 0.3) is 0 Å². The molecule has 0 aromatic rings. The van der Waals surface area contributed by atoms with Crippen molar-refractivity contribution < 1.29 is 44.7 Å². The topological polar surface area (TPSA) is 174 Å². The second kappa shape index (κ2) is 6.59. The lowest BCUT2D eigenvalue weighted by atomic mass is 10.0. The zero-order chi connectivity index (χ0) is 15.6. The van der Waals surface area contributed by atoms with Crippen LogP contribution in [-0.4, -0.2) is 69.3 Å². The van der Waals surface area contributed by atoms with Crippen molar-refractivity contribution in [3.05, 3.63) is 0 Å². The lowest BCUT2D eigenvalue weighted by molar-refractivity contribution is -0.222. The Hall–Kier alpha value is -0.380. The first-order valence-corrected chi connectivity index (χ1v) is 7.95. The normalized spacial score (nSPS) is 32.2. The van der Waals surface area contributed by atoms with E-state index >= 15 is 0 Å². The Morgan fingerprint density at radius 2 is 1.95 bits per heavy atom.